The summed E-state index contributed by atoms with van der Waals surface area (Å²) in [5.74, 6) is 0. The molecule has 0 N–H and O–H groups in total. The van der Waals surface area contributed by atoms with E-state index in [9.17, 15) is 0 Å². The Hall–Kier alpha value is 0.130. The summed E-state index contributed by atoms with van der Waals surface area (Å²) in [6.07, 6.45) is 0. The van der Waals surface area contributed by atoms with Crippen molar-refractivity contribution in [1.82, 2.24) is 0 Å². The quantitative estimate of drug-likeness (QED) is 0.623. The van der Waals surface area contributed by atoms with Gasteiger partial charge in [0.2, 0.25) is 0 Å². The first-order valence-corrected chi connectivity index (χ1v) is 7.70. The maximum atomic E-state index is 2.38. The van der Waals surface area contributed by atoms with Crippen molar-refractivity contribution in [3.05, 3.63) is 17.0 Å². The molecule has 0 aromatic carbocycles. The molecule has 0 atom stereocenters. The zero-order chi connectivity index (χ0) is 11.9. The Morgan fingerprint density at radius 2 is 1.47 bits per heavy atom. The van der Waals surface area contributed by atoms with E-state index in [4.69, 9.17) is 0 Å². The highest BCUT2D eigenvalue weighted by molar-refractivity contribution is 7.74. The Bertz CT molecular complexity index is 311. The normalized spacial score (nSPS) is 13.6. The molecular weight excluding hydrogens is 219 g/mol. The van der Waals surface area contributed by atoms with Crippen LogP contribution in [0.3, 0.4) is 0 Å². The third kappa shape index (κ3) is 3.29. The zero-order valence-corrected chi connectivity index (χ0v) is 12.7. The molecule has 15 heavy (non-hydrogen) atoms. The Morgan fingerprint density at radius 1 is 1.00 bits per heavy atom. The fraction of sp³-hybridized carbons (Fsp3) is 0.692. The average molecular weight is 242 g/mol. The summed E-state index contributed by atoms with van der Waals surface area (Å²) in [5.41, 5.74) is 1.41. The molecule has 1 aromatic heterocycles. The number of thiophene rings is 1. The fourth-order valence-corrected chi connectivity index (χ4v) is 8.72. The van der Waals surface area contributed by atoms with E-state index in [0.717, 1.165) is 0 Å². The molecule has 0 saturated carbocycles. The lowest BCUT2D eigenvalue weighted by molar-refractivity contribution is 0.715. The second-order valence-electron chi connectivity index (χ2n) is 6.14. The van der Waals surface area contributed by atoms with Crippen molar-refractivity contribution in [2.24, 2.45) is 0 Å². The van der Waals surface area contributed by atoms with Crippen LogP contribution in [0.15, 0.2) is 11.4 Å². The smallest absolute Gasteiger partial charge is 0.0291 e. The number of rotatable bonds is 1. The van der Waals surface area contributed by atoms with Crippen LogP contribution in [0.2, 0.25) is 0 Å². The van der Waals surface area contributed by atoms with Crippen LogP contribution in [-0.2, 0) is 0 Å². The molecule has 1 heterocycles. The lowest BCUT2D eigenvalue weighted by Crippen LogP contribution is -2.29. The van der Waals surface area contributed by atoms with E-state index in [1.165, 1.54) is 5.56 Å². The van der Waals surface area contributed by atoms with Crippen molar-refractivity contribution < 1.29 is 0 Å². The van der Waals surface area contributed by atoms with Gasteiger partial charge in [0.1, 0.15) is 0 Å². The molecule has 0 aliphatic rings. The highest BCUT2D eigenvalue weighted by Gasteiger charge is 2.36. The van der Waals surface area contributed by atoms with E-state index in [2.05, 4.69) is 59.9 Å². The summed E-state index contributed by atoms with van der Waals surface area (Å²) in [4.78, 5) is 0. The van der Waals surface area contributed by atoms with Crippen LogP contribution in [-0.4, -0.2) is 10.3 Å². The Balaban J connectivity index is 3.14. The fourth-order valence-electron chi connectivity index (χ4n) is 2.20. The van der Waals surface area contributed by atoms with E-state index in [0.29, 0.717) is 10.3 Å². The highest BCUT2D eigenvalue weighted by Crippen LogP contribution is 2.59. The van der Waals surface area contributed by atoms with E-state index in [1.54, 1.807) is 4.62 Å². The molecule has 0 saturated heterocycles. The van der Waals surface area contributed by atoms with E-state index >= 15 is 0 Å². The van der Waals surface area contributed by atoms with Crippen molar-refractivity contribution in [1.29, 1.82) is 0 Å². The van der Waals surface area contributed by atoms with E-state index in [-0.39, 0.29) is 7.92 Å². The van der Waals surface area contributed by atoms with Gasteiger partial charge in [-0.1, -0.05) is 49.5 Å². The summed E-state index contributed by atoms with van der Waals surface area (Å²) >= 11 is 1.94. The summed E-state index contributed by atoms with van der Waals surface area (Å²) in [5, 5.41) is 3.07. The molecule has 0 fully saturated rings. The Kier molecular flexibility index (Phi) is 3.68. The van der Waals surface area contributed by atoms with Gasteiger partial charge in [-0.15, -0.1) is 11.3 Å². The molecule has 1 rings (SSSR count). The van der Waals surface area contributed by atoms with E-state index < -0.39 is 0 Å². The summed E-state index contributed by atoms with van der Waals surface area (Å²) < 4.78 is 1.60. The van der Waals surface area contributed by atoms with Crippen LogP contribution in [0, 0.1) is 6.92 Å². The van der Waals surface area contributed by atoms with Crippen LogP contribution in [0.5, 0.6) is 0 Å². The monoisotopic (exact) mass is 242 g/mol. The maximum absolute atomic E-state index is 2.38. The minimum absolute atomic E-state index is 0.0985. The summed E-state index contributed by atoms with van der Waals surface area (Å²) in [6.45, 7) is 16.4. The second kappa shape index (κ2) is 4.18. The van der Waals surface area contributed by atoms with Gasteiger partial charge in [-0.3, -0.25) is 0 Å². The topological polar surface area (TPSA) is 0 Å². The molecule has 0 amide bonds. The van der Waals surface area contributed by atoms with Gasteiger partial charge in [-0.25, -0.2) is 0 Å². The lowest BCUT2D eigenvalue weighted by atomic mass is 10.2. The van der Waals surface area contributed by atoms with Gasteiger partial charge in [0.15, 0.2) is 0 Å². The third-order valence-corrected chi connectivity index (χ3v) is 7.24. The Morgan fingerprint density at radius 3 is 1.73 bits per heavy atom. The minimum atomic E-state index is -0.0985. The average Bonchev–Trinajstić information content (AvgIpc) is 2.28. The first-order chi connectivity index (χ1) is 6.62. The van der Waals surface area contributed by atoms with Crippen molar-refractivity contribution in [2.75, 3.05) is 0 Å². The number of hydrogen-bond acceptors (Lipinski definition) is 1. The van der Waals surface area contributed by atoms with Crippen LogP contribution in [0.4, 0.5) is 0 Å². The largest absolute Gasteiger partial charge is 0.144 e. The SMILES string of the molecule is Cc1csc(P(C(C)(C)C)C(C)(C)C)c1. The van der Waals surface area contributed by atoms with Crippen molar-refractivity contribution >= 4 is 23.9 Å². The van der Waals surface area contributed by atoms with E-state index in [1.807, 2.05) is 11.3 Å². The van der Waals surface area contributed by atoms with Crippen molar-refractivity contribution in [3.63, 3.8) is 0 Å². The summed E-state index contributed by atoms with van der Waals surface area (Å²) in [6, 6.07) is 2.38. The van der Waals surface area contributed by atoms with Gasteiger partial charge < -0.3 is 0 Å². The summed E-state index contributed by atoms with van der Waals surface area (Å²) in [7, 11) is -0.0985. The van der Waals surface area contributed by atoms with Crippen LogP contribution in [0.25, 0.3) is 0 Å². The van der Waals surface area contributed by atoms with Gasteiger partial charge in [0, 0.05) is 4.62 Å². The molecule has 86 valence electrons. The molecule has 2 heteroatoms. The maximum Gasteiger partial charge on any atom is 0.0291 e. The molecule has 0 spiro atoms. The minimum Gasteiger partial charge on any atom is -0.144 e. The van der Waals surface area contributed by atoms with Crippen LogP contribution in [0.1, 0.15) is 47.1 Å². The van der Waals surface area contributed by atoms with Gasteiger partial charge >= 0.3 is 0 Å². The Labute approximate surface area is 99.9 Å². The molecule has 0 unspecified atom stereocenters. The van der Waals surface area contributed by atoms with Crippen LogP contribution >= 0.6 is 19.3 Å². The predicted octanol–water partition coefficient (Wildman–Crippen LogP) is 4.76. The molecule has 0 bridgehead atoms. The lowest BCUT2D eigenvalue weighted by Gasteiger charge is -2.40. The number of hydrogen-bond donors (Lipinski definition) is 0. The zero-order valence-electron chi connectivity index (χ0n) is 11.0. The molecule has 0 aliphatic heterocycles. The molecule has 0 radical (unpaired) electrons. The molecular formula is C13H23PS. The highest BCUT2D eigenvalue weighted by atomic mass is 32.1. The predicted molar refractivity (Wildman–Crippen MR) is 75.1 cm³/mol. The van der Waals surface area contributed by atoms with Crippen molar-refractivity contribution in [3.8, 4) is 0 Å². The molecule has 1 aromatic rings. The van der Waals surface area contributed by atoms with Crippen LogP contribution < -0.4 is 4.62 Å². The molecule has 0 nitrogen and oxygen atoms in total. The third-order valence-electron chi connectivity index (χ3n) is 2.28. The molecule has 0 aliphatic carbocycles. The van der Waals surface area contributed by atoms with Gasteiger partial charge in [-0.2, -0.15) is 0 Å². The number of aryl methyl sites for hydroxylation is 1. The van der Waals surface area contributed by atoms with Crippen molar-refractivity contribution in [2.45, 2.75) is 58.8 Å². The van der Waals surface area contributed by atoms with Gasteiger partial charge in [0.25, 0.3) is 0 Å². The first-order valence-electron chi connectivity index (χ1n) is 5.48. The standard InChI is InChI=1S/C13H23PS/c1-10-8-11(15-9-10)14(12(2,3)4)13(5,6)7/h8-9H,1-7H3. The van der Waals surface area contributed by atoms with Gasteiger partial charge in [0.05, 0.1) is 0 Å². The van der Waals surface area contributed by atoms with Gasteiger partial charge in [-0.05, 0) is 34.2 Å². The first kappa shape index (κ1) is 13.2. The second-order valence-corrected chi connectivity index (χ2v) is 11.2.